The lowest BCUT2D eigenvalue weighted by Crippen LogP contribution is -2.49. The molecule has 47 heavy (non-hydrogen) atoms. The molecule has 5 rings (SSSR count). The molecule has 8 nitrogen and oxygen atoms in total. The Kier molecular flexibility index (Phi) is 10.9. The molecule has 0 saturated carbocycles. The Labute approximate surface area is 275 Å². The minimum Gasteiger partial charge on any atom is -0.492 e. The van der Waals surface area contributed by atoms with Crippen molar-refractivity contribution in [2.75, 3.05) is 45.1 Å². The molecule has 0 radical (unpaired) electrons. The topological polar surface area (TPSA) is 107 Å². The van der Waals surface area contributed by atoms with Gasteiger partial charge in [-0.2, -0.15) is 23.8 Å². The van der Waals surface area contributed by atoms with E-state index in [1.807, 2.05) is 4.90 Å². The molecule has 13 heteroatoms. The van der Waals surface area contributed by atoms with E-state index in [0.717, 1.165) is 25.3 Å². The van der Waals surface area contributed by atoms with Crippen LogP contribution in [0.25, 0.3) is 0 Å². The van der Waals surface area contributed by atoms with Gasteiger partial charge in [0.1, 0.15) is 11.0 Å². The minimum atomic E-state index is -4.43. The van der Waals surface area contributed by atoms with E-state index in [2.05, 4.69) is 6.92 Å². The number of benzene rings is 3. The lowest BCUT2D eigenvalue weighted by atomic mass is 10.0. The molecule has 0 bridgehead atoms. The summed E-state index contributed by atoms with van der Waals surface area (Å²) in [6, 6.07) is 16.3. The summed E-state index contributed by atoms with van der Waals surface area (Å²) in [6.45, 7) is 4.22. The summed E-state index contributed by atoms with van der Waals surface area (Å²) in [5, 5.41) is -1.32. The third-order valence-corrected chi connectivity index (χ3v) is 13.0. The number of fused-ring (bicyclic) bond motifs is 1. The average molecular weight is 695 g/mol. The molecule has 2 aliphatic rings. The first-order chi connectivity index (χ1) is 22.3. The molecule has 2 N–H and O–H groups in total. The molecule has 1 unspecified atom stereocenters. The van der Waals surface area contributed by atoms with E-state index in [4.69, 9.17) is 4.74 Å². The van der Waals surface area contributed by atoms with Gasteiger partial charge in [0.25, 0.3) is 5.91 Å². The van der Waals surface area contributed by atoms with Crippen molar-refractivity contribution in [1.82, 2.24) is 9.80 Å². The van der Waals surface area contributed by atoms with Gasteiger partial charge in [0.2, 0.25) is 0 Å². The van der Waals surface area contributed by atoms with Crippen molar-refractivity contribution in [3.8, 4) is 5.75 Å². The lowest BCUT2D eigenvalue weighted by Gasteiger charge is -2.35. The Balaban J connectivity index is 1.38. The van der Waals surface area contributed by atoms with Gasteiger partial charge in [-0.25, -0.2) is 8.42 Å². The van der Waals surface area contributed by atoms with Crippen LogP contribution in [0.2, 0.25) is 0 Å². The van der Waals surface area contributed by atoms with Crippen LogP contribution >= 0.6 is 10.6 Å². The van der Waals surface area contributed by atoms with Crippen molar-refractivity contribution in [3.05, 3.63) is 89.0 Å². The molecular formula is C34H41F3N2O6S2. The van der Waals surface area contributed by atoms with E-state index < -0.39 is 43.2 Å². The molecule has 1 fully saturated rings. The first-order valence-electron chi connectivity index (χ1n) is 15.9. The van der Waals surface area contributed by atoms with Crippen LogP contribution in [0.15, 0.2) is 76.5 Å². The van der Waals surface area contributed by atoms with E-state index in [0.29, 0.717) is 39.1 Å². The van der Waals surface area contributed by atoms with Gasteiger partial charge in [0.15, 0.2) is 9.84 Å². The second-order valence-electron chi connectivity index (χ2n) is 12.0. The number of carbonyl (C=O) groups is 1. The number of carbonyl (C=O) groups excluding carboxylic acids is 1. The maximum absolute atomic E-state index is 14.0. The van der Waals surface area contributed by atoms with Crippen LogP contribution in [0.5, 0.6) is 5.75 Å². The molecule has 2 aliphatic heterocycles. The fraction of sp³-hybridized carbons (Fsp3) is 0.441. The first kappa shape index (κ1) is 35.2. The smallest absolute Gasteiger partial charge is 0.416 e. The van der Waals surface area contributed by atoms with Gasteiger partial charge < -0.3 is 9.64 Å². The maximum atomic E-state index is 14.0. The highest BCUT2D eigenvalue weighted by molar-refractivity contribution is 8.25. The third-order valence-electron chi connectivity index (χ3n) is 8.81. The molecule has 0 aromatic heterocycles. The first-order valence-corrected chi connectivity index (χ1v) is 19.1. The van der Waals surface area contributed by atoms with Gasteiger partial charge in [0.05, 0.1) is 33.3 Å². The summed E-state index contributed by atoms with van der Waals surface area (Å²) in [5.41, 5.74) is -0.144. The van der Waals surface area contributed by atoms with Crippen LogP contribution < -0.4 is 4.74 Å². The van der Waals surface area contributed by atoms with Crippen LogP contribution in [0, 0.1) is 0 Å². The lowest BCUT2D eigenvalue weighted by molar-refractivity contribution is -0.138. The molecule has 1 amide bonds. The van der Waals surface area contributed by atoms with Crippen molar-refractivity contribution < 1.29 is 40.2 Å². The van der Waals surface area contributed by atoms with Crippen molar-refractivity contribution >= 4 is 26.3 Å². The van der Waals surface area contributed by atoms with Crippen molar-refractivity contribution in [3.63, 3.8) is 0 Å². The summed E-state index contributed by atoms with van der Waals surface area (Å²) in [6.07, 6.45) is -0.670. The Morgan fingerprint density at radius 1 is 0.936 bits per heavy atom. The predicted octanol–water partition coefficient (Wildman–Crippen LogP) is 7.30. The fourth-order valence-electron chi connectivity index (χ4n) is 6.24. The van der Waals surface area contributed by atoms with E-state index >= 15 is 0 Å². The molecule has 2 heterocycles. The minimum absolute atomic E-state index is 0.0349. The fourth-order valence-corrected chi connectivity index (χ4v) is 10.7. The van der Waals surface area contributed by atoms with Gasteiger partial charge in [-0.15, -0.1) is 0 Å². The summed E-state index contributed by atoms with van der Waals surface area (Å²) < 4.78 is 96.4. The molecule has 256 valence electrons. The quantitative estimate of drug-likeness (QED) is 0.192. The summed E-state index contributed by atoms with van der Waals surface area (Å²) in [5.74, 6) is -0.741. The summed E-state index contributed by atoms with van der Waals surface area (Å²) >= 11 is 0. The van der Waals surface area contributed by atoms with Crippen LogP contribution in [0.1, 0.15) is 64.9 Å². The maximum Gasteiger partial charge on any atom is 0.416 e. The molecule has 1 atom stereocenters. The normalized spacial score (nSPS) is 18.9. The molecule has 0 aliphatic carbocycles. The highest BCUT2D eigenvalue weighted by Gasteiger charge is 2.46. The number of rotatable bonds is 12. The van der Waals surface area contributed by atoms with E-state index in [9.17, 15) is 35.5 Å². The number of halogens is 3. The van der Waals surface area contributed by atoms with Gasteiger partial charge >= 0.3 is 6.18 Å². The summed E-state index contributed by atoms with van der Waals surface area (Å²) in [7, 11) is -7.57. The zero-order valence-electron chi connectivity index (χ0n) is 26.3. The number of unbranched alkanes of at least 4 members (excludes halogenated alkanes) is 3. The second-order valence-corrected chi connectivity index (χ2v) is 16.2. The summed E-state index contributed by atoms with van der Waals surface area (Å²) in [4.78, 5) is 17.8. The van der Waals surface area contributed by atoms with E-state index in [1.54, 1.807) is 29.2 Å². The predicted molar refractivity (Wildman–Crippen MR) is 176 cm³/mol. The Hall–Kier alpha value is -3.10. The van der Waals surface area contributed by atoms with Crippen molar-refractivity contribution in [1.29, 1.82) is 0 Å². The standard InChI is InChI=1S/C34H41F3N2O6S2/c1-2-3-4-10-23-45-32-27(15-16-29-31(32)30(24-46(29,41)42)47(43,44)26-12-6-5-7-13-26)33(40)39-21-19-38(20-22-39)18-17-25-11-8-9-14-28(25)34(35,36)37/h5-9,11-16,30,41-42H,2-4,10,17-24H2,1H3. The number of sulfone groups is 1. The number of ether oxygens (including phenoxy) is 1. The highest BCUT2D eigenvalue weighted by Crippen LogP contribution is 2.63. The van der Waals surface area contributed by atoms with E-state index in [-0.39, 0.29) is 51.2 Å². The zero-order chi connectivity index (χ0) is 33.8. The highest BCUT2D eigenvalue weighted by atomic mass is 32.3. The molecule has 0 spiro atoms. The molecule has 1 saturated heterocycles. The number of piperazine rings is 1. The third kappa shape index (κ3) is 7.80. The van der Waals surface area contributed by atoms with E-state index in [1.165, 1.54) is 36.4 Å². The molecule has 3 aromatic carbocycles. The van der Waals surface area contributed by atoms with Gasteiger partial charge in [-0.05, 0) is 48.7 Å². The van der Waals surface area contributed by atoms with Crippen LogP contribution in [-0.4, -0.2) is 78.3 Å². The number of amides is 1. The van der Waals surface area contributed by atoms with Gasteiger partial charge in [0, 0.05) is 38.3 Å². The second kappa shape index (κ2) is 14.6. The average Bonchev–Trinajstić information content (AvgIpc) is 3.35. The number of hydrogen-bond donors (Lipinski definition) is 2. The van der Waals surface area contributed by atoms with Crippen LogP contribution in [0.3, 0.4) is 0 Å². The number of nitrogens with zero attached hydrogens (tertiary/aromatic N) is 2. The van der Waals surface area contributed by atoms with Crippen molar-refractivity contribution in [2.24, 2.45) is 0 Å². The molecular weight excluding hydrogens is 654 g/mol. The number of hydrogen-bond acceptors (Lipinski definition) is 7. The van der Waals surface area contributed by atoms with Gasteiger partial charge in [-0.1, -0.05) is 62.6 Å². The molecule has 3 aromatic rings. The largest absolute Gasteiger partial charge is 0.492 e. The SMILES string of the molecule is CCCCCCOc1c(C(=O)N2CCN(CCc3ccccc3C(F)(F)F)CC2)ccc2c1C(S(=O)(=O)c1ccccc1)CS2(O)O. The Morgan fingerprint density at radius 3 is 2.30 bits per heavy atom. The van der Waals surface area contributed by atoms with Gasteiger partial charge in [-0.3, -0.25) is 18.8 Å². The van der Waals surface area contributed by atoms with Crippen LogP contribution in [0.4, 0.5) is 13.2 Å². The van der Waals surface area contributed by atoms with Crippen LogP contribution in [-0.2, 0) is 22.4 Å². The monoisotopic (exact) mass is 694 g/mol. The zero-order valence-corrected chi connectivity index (χ0v) is 27.9. The van der Waals surface area contributed by atoms with Crippen molar-refractivity contribution in [2.45, 2.75) is 60.2 Å². The Bertz CT molecular complexity index is 1660. The Morgan fingerprint density at radius 2 is 1.62 bits per heavy atom. The number of alkyl halides is 3.